The van der Waals surface area contributed by atoms with Gasteiger partial charge in [-0.15, -0.1) is 11.3 Å². The number of carbonyl (C=O) groups is 1. The van der Waals surface area contributed by atoms with Crippen molar-refractivity contribution in [3.63, 3.8) is 0 Å². The van der Waals surface area contributed by atoms with Crippen LogP contribution in [0.5, 0.6) is 0 Å². The molecule has 7 heteroatoms. The maximum Gasteiger partial charge on any atom is 0.339 e. The topological polar surface area (TPSA) is 84.2 Å². The Morgan fingerprint density at radius 2 is 2.10 bits per heavy atom. The van der Waals surface area contributed by atoms with E-state index in [9.17, 15) is 13.2 Å². The molecule has 0 aromatic carbocycles. The van der Waals surface area contributed by atoms with Gasteiger partial charge in [-0.05, 0) is 45.2 Å². The van der Waals surface area contributed by atoms with Gasteiger partial charge in [0.2, 0.25) is 0 Å². The summed E-state index contributed by atoms with van der Waals surface area (Å²) in [5.41, 5.74) is 0.263. The monoisotopic (exact) mass is 327 g/mol. The van der Waals surface area contributed by atoms with Crippen molar-refractivity contribution in [2.24, 2.45) is 0 Å². The van der Waals surface area contributed by atoms with Gasteiger partial charge in [-0.25, -0.2) is 13.2 Å². The van der Waals surface area contributed by atoms with Crippen LogP contribution >= 0.6 is 11.3 Å². The van der Waals surface area contributed by atoms with Crippen LogP contribution in [-0.4, -0.2) is 25.7 Å². The maximum atomic E-state index is 12.3. The molecule has 0 saturated heterocycles. The van der Waals surface area contributed by atoms with Crippen LogP contribution in [0.3, 0.4) is 0 Å². The molecular formula is C14H17NO4S2. The minimum absolute atomic E-state index is 0.225. The third-order valence-corrected chi connectivity index (χ3v) is 5.92. The molecular weight excluding hydrogens is 310 g/mol. The second-order valence-corrected chi connectivity index (χ2v) is 8.77. The quantitative estimate of drug-likeness (QED) is 0.627. The van der Waals surface area contributed by atoms with E-state index in [4.69, 9.17) is 10.00 Å². The van der Waals surface area contributed by atoms with E-state index in [1.807, 2.05) is 0 Å². The number of hydrogen-bond donors (Lipinski definition) is 0. The zero-order chi connectivity index (χ0) is 16.3. The van der Waals surface area contributed by atoms with Gasteiger partial charge in [-0.2, -0.15) is 5.26 Å². The van der Waals surface area contributed by atoms with Gasteiger partial charge in [-0.1, -0.05) is 0 Å². The number of carbonyl (C=O) groups excluding carboxylic acids is 1. The lowest BCUT2D eigenvalue weighted by molar-refractivity contribution is 0.0527. The van der Waals surface area contributed by atoms with Gasteiger partial charge in [0.1, 0.15) is 11.0 Å². The van der Waals surface area contributed by atoms with Crippen LogP contribution in [0.2, 0.25) is 0 Å². The van der Waals surface area contributed by atoms with Gasteiger partial charge in [0.05, 0.1) is 16.9 Å². The fourth-order valence-corrected chi connectivity index (χ4v) is 3.37. The van der Waals surface area contributed by atoms with Gasteiger partial charge >= 0.3 is 5.97 Å². The molecule has 0 aliphatic rings. The molecule has 1 rings (SSSR count). The smallest absolute Gasteiger partial charge is 0.339 e. The molecule has 0 saturated carbocycles. The second-order valence-electron chi connectivity index (χ2n) is 5.16. The number of thiophene rings is 1. The first-order valence-electron chi connectivity index (χ1n) is 6.26. The number of esters is 1. The number of allylic oxidation sites excluding steroid dienone is 1. The van der Waals surface area contributed by atoms with Crippen molar-refractivity contribution >= 4 is 33.2 Å². The van der Waals surface area contributed by atoms with E-state index < -0.39 is 20.6 Å². The third kappa shape index (κ3) is 3.71. The lowest BCUT2D eigenvalue weighted by Gasteiger charge is -2.18. The van der Waals surface area contributed by atoms with Crippen LogP contribution in [0.4, 0.5) is 0 Å². The number of rotatable bonds is 4. The molecule has 0 unspecified atom stereocenters. The number of nitrogens with zero attached hydrogens (tertiary/aromatic N) is 1. The second kappa shape index (κ2) is 6.41. The summed E-state index contributed by atoms with van der Waals surface area (Å²) in [6.45, 7) is 6.48. The lowest BCUT2D eigenvalue weighted by atomic mass is 10.2. The normalized spacial score (nSPS) is 12.8. The molecule has 0 atom stereocenters. The standard InChI is InChI=1S/C14H17NO4S2/c1-5-19-13(16)11-6-7-20-12(11)8-10(9-15)21(17,18)14(2,3)4/h6-8H,5H2,1-4H3/b10-8+. The van der Waals surface area contributed by atoms with Crippen LogP contribution in [0.1, 0.15) is 42.9 Å². The molecule has 0 spiro atoms. The largest absolute Gasteiger partial charge is 0.462 e. The molecule has 0 aliphatic carbocycles. The van der Waals surface area contributed by atoms with Gasteiger partial charge in [-0.3, -0.25) is 0 Å². The van der Waals surface area contributed by atoms with Crippen molar-refractivity contribution in [3.8, 4) is 6.07 Å². The van der Waals surface area contributed by atoms with Crippen molar-refractivity contribution in [1.29, 1.82) is 5.26 Å². The predicted octanol–water partition coefficient (Wildman–Crippen LogP) is 3.00. The van der Waals surface area contributed by atoms with E-state index >= 15 is 0 Å². The van der Waals surface area contributed by atoms with Gasteiger partial charge in [0.15, 0.2) is 9.84 Å². The summed E-state index contributed by atoms with van der Waals surface area (Å²) in [6, 6.07) is 3.26. The summed E-state index contributed by atoms with van der Waals surface area (Å²) >= 11 is 1.18. The van der Waals surface area contributed by atoms with E-state index in [0.29, 0.717) is 4.88 Å². The van der Waals surface area contributed by atoms with Crippen molar-refractivity contribution < 1.29 is 17.9 Å². The van der Waals surface area contributed by atoms with Crippen LogP contribution in [0.15, 0.2) is 16.4 Å². The zero-order valence-electron chi connectivity index (χ0n) is 12.3. The first kappa shape index (κ1) is 17.4. The van der Waals surface area contributed by atoms with Crippen molar-refractivity contribution in [2.75, 3.05) is 6.61 Å². The molecule has 0 N–H and O–H groups in total. The minimum Gasteiger partial charge on any atom is -0.462 e. The van der Waals surface area contributed by atoms with Gasteiger partial charge in [0, 0.05) is 4.88 Å². The first-order valence-corrected chi connectivity index (χ1v) is 8.62. The molecule has 0 fully saturated rings. The average Bonchev–Trinajstić information content (AvgIpc) is 2.82. The Labute approximate surface area is 128 Å². The molecule has 114 valence electrons. The van der Waals surface area contributed by atoms with Crippen LogP contribution in [0.25, 0.3) is 6.08 Å². The predicted molar refractivity (Wildman–Crippen MR) is 82.5 cm³/mol. The summed E-state index contributed by atoms with van der Waals surface area (Å²) in [7, 11) is -3.76. The van der Waals surface area contributed by atoms with Crippen LogP contribution < -0.4 is 0 Å². The summed E-state index contributed by atoms with van der Waals surface area (Å²) in [6.07, 6.45) is 1.23. The maximum absolute atomic E-state index is 12.3. The van der Waals surface area contributed by atoms with E-state index in [1.165, 1.54) is 38.2 Å². The summed E-state index contributed by atoms with van der Waals surface area (Å²) in [4.78, 5) is 11.8. The summed E-state index contributed by atoms with van der Waals surface area (Å²) in [5, 5.41) is 10.8. The van der Waals surface area contributed by atoms with Crippen LogP contribution in [-0.2, 0) is 14.6 Å². The molecule has 5 nitrogen and oxygen atoms in total. The highest BCUT2D eigenvalue weighted by atomic mass is 32.2. The SMILES string of the molecule is CCOC(=O)c1ccsc1/C=C(\C#N)S(=O)(=O)C(C)(C)C. The molecule has 1 aromatic rings. The van der Waals surface area contributed by atoms with Gasteiger partial charge < -0.3 is 4.74 Å². The Bertz CT molecular complexity index is 700. The number of nitriles is 1. The Morgan fingerprint density at radius 3 is 2.57 bits per heavy atom. The van der Waals surface area contributed by atoms with Crippen molar-refractivity contribution in [3.05, 3.63) is 26.8 Å². The Morgan fingerprint density at radius 1 is 1.48 bits per heavy atom. The van der Waals surface area contributed by atoms with E-state index in [2.05, 4.69) is 0 Å². The Balaban J connectivity index is 3.34. The molecule has 1 heterocycles. The molecule has 0 aliphatic heterocycles. The highest BCUT2D eigenvalue weighted by molar-refractivity contribution is 7.97. The summed E-state index contributed by atoms with van der Waals surface area (Å²) in [5.74, 6) is -0.532. The number of hydrogen-bond acceptors (Lipinski definition) is 6. The average molecular weight is 327 g/mol. The fraction of sp³-hybridized carbons (Fsp3) is 0.429. The summed E-state index contributed by atoms with van der Waals surface area (Å²) < 4.78 is 28.4. The molecule has 0 radical (unpaired) electrons. The molecule has 1 aromatic heterocycles. The molecule has 0 amide bonds. The van der Waals surface area contributed by atoms with E-state index in [-0.39, 0.29) is 17.1 Å². The zero-order valence-corrected chi connectivity index (χ0v) is 14.0. The Hall–Kier alpha value is -1.65. The number of sulfone groups is 1. The van der Waals surface area contributed by atoms with E-state index in [0.717, 1.165) is 0 Å². The minimum atomic E-state index is -3.76. The highest BCUT2D eigenvalue weighted by Gasteiger charge is 2.33. The van der Waals surface area contributed by atoms with Gasteiger partial charge in [0.25, 0.3) is 0 Å². The third-order valence-electron chi connectivity index (χ3n) is 2.66. The molecule has 21 heavy (non-hydrogen) atoms. The van der Waals surface area contributed by atoms with Crippen molar-refractivity contribution in [2.45, 2.75) is 32.4 Å². The lowest BCUT2D eigenvalue weighted by Crippen LogP contribution is -2.28. The molecule has 0 bridgehead atoms. The first-order chi connectivity index (χ1) is 9.65. The van der Waals surface area contributed by atoms with E-state index in [1.54, 1.807) is 24.4 Å². The van der Waals surface area contributed by atoms with Crippen molar-refractivity contribution in [1.82, 2.24) is 0 Å². The Kier molecular flexibility index (Phi) is 5.31. The van der Waals surface area contributed by atoms with Crippen LogP contribution in [0, 0.1) is 11.3 Å². The highest BCUT2D eigenvalue weighted by Crippen LogP contribution is 2.28. The fourth-order valence-electron chi connectivity index (χ4n) is 1.43. The number of ether oxygens (including phenoxy) is 1.